The van der Waals surface area contributed by atoms with Crippen molar-refractivity contribution in [2.24, 2.45) is 0 Å². The Labute approximate surface area is 176 Å². The Bertz CT molecular complexity index is 831. The van der Waals surface area contributed by atoms with Crippen LogP contribution in [0.5, 0.6) is 5.75 Å². The zero-order valence-corrected chi connectivity index (χ0v) is 17.3. The molecular formula is C23H26ClNO4. The van der Waals surface area contributed by atoms with Crippen LogP contribution in [0.3, 0.4) is 0 Å². The number of rotatable bonds is 7. The molecule has 0 heterocycles. The molecule has 0 radical (unpaired) electrons. The van der Waals surface area contributed by atoms with Crippen LogP contribution in [0.1, 0.15) is 54.9 Å². The molecule has 1 unspecified atom stereocenters. The lowest BCUT2D eigenvalue weighted by atomic mass is 9.95. The quantitative estimate of drug-likeness (QED) is 0.652. The average Bonchev–Trinajstić information content (AvgIpc) is 2.74. The lowest BCUT2D eigenvalue weighted by molar-refractivity contribution is -0.152. The first-order valence-corrected chi connectivity index (χ1v) is 10.4. The average molecular weight is 416 g/mol. The zero-order chi connectivity index (χ0) is 20.6. The minimum absolute atomic E-state index is 0.0735. The molecule has 29 heavy (non-hydrogen) atoms. The van der Waals surface area contributed by atoms with E-state index in [1.165, 1.54) is 19.3 Å². The van der Waals surface area contributed by atoms with Crippen LogP contribution in [0.15, 0.2) is 48.5 Å². The van der Waals surface area contributed by atoms with Crippen molar-refractivity contribution in [2.75, 3.05) is 0 Å². The summed E-state index contributed by atoms with van der Waals surface area (Å²) in [4.78, 5) is 24.5. The first-order chi connectivity index (χ1) is 14.0. The van der Waals surface area contributed by atoms with Crippen molar-refractivity contribution in [3.63, 3.8) is 0 Å². The molecule has 2 aromatic carbocycles. The van der Waals surface area contributed by atoms with Gasteiger partial charge in [-0.15, -0.1) is 0 Å². The molecular weight excluding hydrogens is 390 g/mol. The van der Waals surface area contributed by atoms with E-state index in [2.05, 4.69) is 5.32 Å². The molecule has 6 heteroatoms. The molecule has 0 spiro atoms. The summed E-state index contributed by atoms with van der Waals surface area (Å²) in [7, 11) is 0. The van der Waals surface area contributed by atoms with Gasteiger partial charge in [0.25, 0.3) is 5.91 Å². The van der Waals surface area contributed by atoms with E-state index in [9.17, 15) is 9.59 Å². The van der Waals surface area contributed by atoms with Crippen LogP contribution in [-0.4, -0.2) is 24.0 Å². The van der Waals surface area contributed by atoms with Crippen LogP contribution >= 0.6 is 11.6 Å². The third-order valence-electron chi connectivity index (χ3n) is 5.03. The second kappa shape index (κ2) is 10.3. The Kier molecular flexibility index (Phi) is 7.53. The number of carbonyl (C=O) groups is 2. The molecule has 5 nitrogen and oxygen atoms in total. The van der Waals surface area contributed by atoms with Crippen molar-refractivity contribution >= 4 is 23.5 Å². The summed E-state index contributed by atoms with van der Waals surface area (Å²) in [5.41, 5.74) is 1.32. The molecule has 1 fully saturated rings. The molecule has 0 aromatic heterocycles. The second-order valence-electron chi connectivity index (χ2n) is 7.29. The Morgan fingerprint density at radius 3 is 2.45 bits per heavy atom. The number of hydrogen-bond acceptors (Lipinski definition) is 4. The first-order valence-electron chi connectivity index (χ1n) is 10.0. The molecule has 1 aliphatic rings. The highest BCUT2D eigenvalue weighted by molar-refractivity contribution is 6.31. The van der Waals surface area contributed by atoms with Gasteiger partial charge in [-0.3, -0.25) is 4.79 Å². The molecule has 1 N–H and O–H groups in total. The van der Waals surface area contributed by atoms with E-state index in [4.69, 9.17) is 21.1 Å². The maximum absolute atomic E-state index is 12.4. The standard InChI is InChI=1S/C23H26ClNO4/c1-16(23(27)28-15-18-7-5-6-10-21(18)24)29-20-13-11-17(12-14-20)22(26)25-19-8-3-2-4-9-19/h5-7,10-14,16,19H,2-4,8-9,15H2,1H3,(H,25,26). The summed E-state index contributed by atoms with van der Waals surface area (Å²) in [5, 5.41) is 3.64. The number of amides is 1. The Hall–Kier alpha value is -2.53. The van der Waals surface area contributed by atoms with E-state index in [0.717, 1.165) is 18.4 Å². The van der Waals surface area contributed by atoms with E-state index in [0.29, 0.717) is 16.3 Å². The lowest BCUT2D eigenvalue weighted by Gasteiger charge is -2.22. The van der Waals surface area contributed by atoms with Gasteiger partial charge in [-0.1, -0.05) is 49.1 Å². The summed E-state index contributed by atoms with van der Waals surface area (Å²) in [6, 6.07) is 14.3. The second-order valence-corrected chi connectivity index (χ2v) is 7.70. The summed E-state index contributed by atoms with van der Waals surface area (Å²) >= 11 is 6.06. The smallest absolute Gasteiger partial charge is 0.347 e. The van der Waals surface area contributed by atoms with Crippen LogP contribution in [0.2, 0.25) is 5.02 Å². The minimum atomic E-state index is -0.778. The maximum Gasteiger partial charge on any atom is 0.347 e. The molecule has 1 amide bonds. The van der Waals surface area contributed by atoms with Crippen molar-refractivity contribution in [1.82, 2.24) is 5.32 Å². The van der Waals surface area contributed by atoms with E-state index in [1.54, 1.807) is 43.3 Å². The molecule has 3 rings (SSSR count). The zero-order valence-electron chi connectivity index (χ0n) is 16.5. The van der Waals surface area contributed by atoms with Crippen LogP contribution in [0.4, 0.5) is 0 Å². The van der Waals surface area contributed by atoms with Crippen LogP contribution < -0.4 is 10.1 Å². The number of ether oxygens (including phenoxy) is 2. The molecule has 2 aromatic rings. The molecule has 0 aliphatic heterocycles. The van der Waals surface area contributed by atoms with Gasteiger partial charge in [0.2, 0.25) is 0 Å². The molecule has 1 aliphatic carbocycles. The summed E-state index contributed by atoms with van der Waals surface area (Å²) in [5.74, 6) is -0.0545. The number of benzene rings is 2. The summed E-state index contributed by atoms with van der Waals surface area (Å²) in [6.07, 6.45) is 4.89. The third-order valence-corrected chi connectivity index (χ3v) is 5.40. The van der Waals surface area contributed by atoms with Crippen LogP contribution in [0.25, 0.3) is 0 Å². The molecule has 0 saturated heterocycles. The molecule has 154 valence electrons. The van der Waals surface area contributed by atoms with Gasteiger partial charge in [-0.2, -0.15) is 0 Å². The fourth-order valence-corrected chi connectivity index (χ4v) is 3.52. The highest BCUT2D eigenvalue weighted by atomic mass is 35.5. The number of hydrogen-bond donors (Lipinski definition) is 1. The molecule has 1 atom stereocenters. The van der Waals surface area contributed by atoms with Crippen LogP contribution in [0, 0.1) is 0 Å². The predicted octanol–water partition coefficient (Wildman–Crippen LogP) is 4.91. The minimum Gasteiger partial charge on any atom is -0.479 e. The lowest BCUT2D eigenvalue weighted by Crippen LogP contribution is -2.36. The number of halogens is 1. The van der Waals surface area contributed by atoms with Crippen molar-refractivity contribution in [3.05, 3.63) is 64.7 Å². The predicted molar refractivity (Wildman–Crippen MR) is 112 cm³/mol. The van der Waals surface area contributed by atoms with Crippen molar-refractivity contribution < 1.29 is 19.1 Å². The number of esters is 1. The van der Waals surface area contributed by atoms with E-state index in [1.807, 2.05) is 12.1 Å². The van der Waals surface area contributed by atoms with Gasteiger partial charge < -0.3 is 14.8 Å². The maximum atomic E-state index is 12.4. The van der Waals surface area contributed by atoms with Gasteiger partial charge in [0.1, 0.15) is 12.4 Å². The Balaban J connectivity index is 1.48. The van der Waals surface area contributed by atoms with Gasteiger partial charge >= 0.3 is 5.97 Å². The van der Waals surface area contributed by atoms with E-state index in [-0.39, 0.29) is 18.6 Å². The largest absolute Gasteiger partial charge is 0.479 e. The van der Waals surface area contributed by atoms with Crippen molar-refractivity contribution in [3.8, 4) is 5.75 Å². The normalized spacial score (nSPS) is 15.4. The summed E-state index contributed by atoms with van der Waals surface area (Å²) < 4.78 is 10.9. The van der Waals surface area contributed by atoms with E-state index < -0.39 is 12.1 Å². The third kappa shape index (κ3) is 6.23. The van der Waals surface area contributed by atoms with Gasteiger partial charge in [0.05, 0.1) is 0 Å². The number of nitrogens with one attached hydrogen (secondary N) is 1. The monoisotopic (exact) mass is 415 g/mol. The van der Waals surface area contributed by atoms with Gasteiger partial charge in [-0.25, -0.2) is 4.79 Å². The fraction of sp³-hybridized carbons (Fsp3) is 0.391. The van der Waals surface area contributed by atoms with Crippen molar-refractivity contribution in [1.29, 1.82) is 0 Å². The van der Waals surface area contributed by atoms with E-state index >= 15 is 0 Å². The molecule has 1 saturated carbocycles. The van der Waals surface area contributed by atoms with Gasteiger partial charge in [0, 0.05) is 22.2 Å². The highest BCUT2D eigenvalue weighted by Crippen LogP contribution is 2.20. The molecule has 0 bridgehead atoms. The van der Waals surface area contributed by atoms with Crippen molar-refractivity contribution in [2.45, 2.75) is 57.8 Å². The SMILES string of the molecule is CC(Oc1ccc(C(=O)NC2CCCCC2)cc1)C(=O)OCc1ccccc1Cl. The Morgan fingerprint density at radius 2 is 1.76 bits per heavy atom. The topological polar surface area (TPSA) is 64.6 Å². The summed E-state index contributed by atoms with van der Waals surface area (Å²) in [6.45, 7) is 1.71. The number of carbonyl (C=O) groups excluding carboxylic acids is 2. The van der Waals surface area contributed by atoms with Gasteiger partial charge in [0.15, 0.2) is 6.10 Å². The highest BCUT2D eigenvalue weighted by Gasteiger charge is 2.19. The Morgan fingerprint density at radius 1 is 1.07 bits per heavy atom. The fourth-order valence-electron chi connectivity index (χ4n) is 3.33. The first kappa shape index (κ1) is 21.2. The van der Waals surface area contributed by atoms with Gasteiger partial charge in [-0.05, 0) is 50.1 Å². The van der Waals surface area contributed by atoms with Crippen LogP contribution in [-0.2, 0) is 16.1 Å².